The number of thioether (sulfide) groups is 1. The van der Waals surface area contributed by atoms with Crippen molar-refractivity contribution in [3.63, 3.8) is 0 Å². The molecule has 4 amide bonds. The summed E-state index contributed by atoms with van der Waals surface area (Å²) in [4.78, 5) is 33.8. The monoisotopic (exact) mass is 366 g/mol. The number of nitrogens with two attached hydrogens (primary N) is 1. The van der Waals surface area contributed by atoms with Gasteiger partial charge in [0.2, 0.25) is 11.8 Å². The number of carbonyl (C=O) groups is 3. The van der Waals surface area contributed by atoms with Crippen molar-refractivity contribution in [2.75, 3.05) is 12.8 Å². The number of aryl methyl sites for hydroxylation is 1. The van der Waals surface area contributed by atoms with E-state index in [1.807, 2.05) is 0 Å². The summed E-state index contributed by atoms with van der Waals surface area (Å²) in [7, 11) is 1.42. The van der Waals surface area contributed by atoms with Gasteiger partial charge in [-0.15, -0.1) is 10.2 Å². The van der Waals surface area contributed by atoms with Gasteiger partial charge < -0.3 is 15.5 Å². The molecule has 10 nitrogen and oxygen atoms in total. The van der Waals surface area contributed by atoms with Gasteiger partial charge in [0.15, 0.2) is 5.16 Å². The molecule has 2 heterocycles. The average Bonchev–Trinajstić information content (AvgIpc) is 3.21. The predicted molar refractivity (Wildman–Crippen MR) is 88.7 cm³/mol. The second kappa shape index (κ2) is 8.87. The average molecular weight is 366 g/mol. The Bertz CT molecular complexity index is 743. The number of hydrogen-bond donors (Lipinski definition) is 3. The first-order chi connectivity index (χ1) is 12.0. The van der Waals surface area contributed by atoms with Gasteiger partial charge in [-0.2, -0.15) is 0 Å². The standard InChI is InChI=1S/C14H18N6O4S/c1-16-13(23)17-12(22)8-25-14-19-18-11(5-4-10(15)21)20(14)7-9-3-2-6-24-9/h2-3,6H,4-5,7-8H2,1H3,(H2,15,21)(H2,16,17,22,23). The Morgan fingerprint density at radius 2 is 2.16 bits per heavy atom. The Labute approximate surface area is 147 Å². The molecular formula is C14H18N6O4S. The molecule has 134 valence electrons. The summed E-state index contributed by atoms with van der Waals surface area (Å²) >= 11 is 1.12. The molecule has 0 aliphatic carbocycles. The van der Waals surface area contributed by atoms with E-state index in [4.69, 9.17) is 10.2 Å². The molecule has 0 aromatic carbocycles. The third kappa shape index (κ3) is 5.64. The summed E-state index contributed by atoms with van der Waals surface area (Å²) in [5.74, 6) is 0.322. The number of primary amides is 1. The predicted octanol–water partition coefficient (Wildman–Crippen LogP) is -0.115. The Morgan fingerprint density at radius 3 is 2.80 bits per heavy atom. The summed E-state index contributed by atoms with van der Waals surface area (Å²) in [5.41, 5.74) is 5.18. The lowest BCUT2D eigenvalue weighted by Crippen LogP contribution is -2.38. The fourth-order valence-electron chi connectivity index (χ4n) is 1.92. The highest BCUT2D eigenvalue weighted by molar-refractivity contribution is 7.99. The molecule has 0 aliphatic heterocycles. The second-order valence-electron chi connectivity index (χ2n) is 4.95. The first-order valence-corrected chi connectivity index (χ1v) is 8.35. The molecule has 0 bridgehead atoms. The molecule has 0 atom stereocenters. The van der Waals surface area contributed by atoms with E-state index in [2.05, 4.69) is 20.8 Å². The molecular weight excluding hydrogens is 348 g/mol. The normalized spacial score (nSPS) is 10.4. The van der Waals surface area contributed by atoms with Crippen LogP contribution in [0.5, 0.6) is 0 Å². The summed E-state index contributed by atoms with van der Waals surface area (Å²) < 4.78 is 7.08. The number of hydrogen-bond acceptors (Lipinski definition) is 7. The number of amides is 4. The van der Waals surface area contributed by atoms with Gasteiger partial charge in [0.25, 0.3) is 0 Å². The van der Waals surface area contributed by atoms with Crippen LogP contribution in [0.15, 0.2) is 28.0 Å². The lowest BCUT2D eigenvalue weighted by Gasteiger charge is -2.08. The number of urea groups is 1. The van der Waals surface area contributed by atoms with E-state index >= 15 is 0 Å². The minimum absolute atomic E-state index is 0.0144. The first kappa shape index (κ1) is 18.5. The maximum absolute atomic E-state index is 11.7. The zero-order chi connectivity index (χ0) is 18.2. The molecule has 2 aromatic heterocycles. The van der Waals surface area contributed by atoms with Crippen molar-refractivity contribution >= 4 is 29.6 Å². The maximum atomic E-state index is 11.7. The molecule has 0 saturated heterocycles. The minimum Gasteiger partial charge on any atom is -0.467 e. The van der Waals surface area contributed by atoms with Crippen LogP contribution in [-0.2, 0) is 22.6 Å². The van der Waals surface area contributed by atoms with E-state index in [1.54, 1.807) is 23.0 Å². The second-order valence-corrected chi connectivity index (χ2v) is 5.89. The minimum atomic E-state index is -0.579. The maximum Gasteiger partial charge on any atom is 0.321 e. The molecule has 0 saturated carbocycles. The van der Waals surface area contributed by atoms with Crippen molar-refractivity contribution < 1.29 is 18.8 Å². The number of imide groups is 1. The number of aromatic nitrogens is 3. The Kier molecular flexibility index (Phi) is 6.57. The number of rotatable bonds is 8. The van der Waals surface area contributed by atoms with Crippen molar-refractivity contribution in [1.29, 1.82) is 0 Å². The number of nitrogens with one attached hydrogen (secondary N) is 2. The van der Waals surface area contributed by atoms with Gasteiger partial charge in [0, 0.05) is 19.9 Å². The molecule has 0 spiro atoms. The summed E-state index contributed by atoms with van der Waals surface area (Å²) in [6.07, 6.45) is 2.01. The van der Waals surface area contributed by atoms with Crippen LogP contribution in [0.3, 0.4) is 0 Å². The largest absolute Gasteiger partial charge is 0.467 e. The van der Waals surface area contributed by atoms with E-state index < -0.39 is 17.8 Å². The third-order valence-corrected chi connectivity index (χ3v) is 4.06. The summed E-state index contributed by atoms with van der Waals surface area (Å²) in [5, 5.41) is 13.0. The van der Waals surface area contributed by atoms with Gasteiger partial charge in [-0.3, -0.25) is 19.5 Å². The van der Waals surface area contributed by atoms with E-state index in [0.717, 1.165) is 11.8 Å². The van der Waals surface area contributed by atoms with Gasteiger partial charge in [-0.05, 0) is 12.1 Å². The van der Waals surface area contributed by atoms with Gasteiger partial charge in [0.1, 0.15) is 11.6 Å². The smallest absolute Gasteiger partial charge is 0.321 e. The van der Waals surface area contributed by atoms with Crippen LogP contribution >= 0.6 is 11.8 Å². The van der Waals surface area contributed by atoms with Crippen molar-refractivity contribution in [2.24, 2.45) is 5.73 Å². The zero-order valence-corrected chi connectivity index (χ0v) is 14.3. The van der Waals surface area contributed by atoms with E-state index in [-0.39, 0.29) is 12.2 Å². The van der Waals surface area contributed by atoms with E-state index in [9.17, 15) is 14.4 Å². The molecule has 2 rings (SSSR count). The van der Waals surface area contributed by atoms with Crippen molar-refractivity contribution in [3.05, 3.63) is 30.0 Å². The SMILES string of the molecule is CNC(=O)NC(=O)CSc1nnc(CCC(N)=O)n1Cc1ccco1. The molecule has 0 unspecified atom stereocenters. The highest BCUT2D eigenvalue weighted by Crippen LogP contribution is 2.19. The van der Waals surface area contributed by atoms with Crippen LogP contribution in [-0.4, -0.2) is 45.4 Å². The molecule has 0 fully saturated rings. The van der Waals surface area contributed by atoms with Crippen molar-refractivity contribution in [3.8, 4) is 0 Å². The van der Waals surface area contributed by atoms with Crippen molar-refractivity contribution in [1.82, 2.24) is 25.4 Å². The number of nitrogens with zero attached hydrogens (tertiary/aromatic N) is 3. The molecule has 0 aliphatic rings. The Morgan fingerprint density at radius 1 is 1.36 bits per heavy atom. The fourth-order valence-corrected chi connectivity index (χ4v) is 2.67. The topological polar surface area (TPSA) is 145 Å². The lowest BCUT2D eigenvalue weighted by atomic mass is 10.3. The fraction of sp³-hybridized carbons (Fsp3) is 0.357. The van der Waals surface area contributed by atoms with Crippen LogP contribution in [0.4, 0.5) is 4.79 Å². The third-order valence-electron chi connectivity index (χ3n) is 3.09. The molecule has 2 aromatic rings. The van der Waals surface area contributed by atoms with Crippen molar-refractivity contribution in [2.45, 2.75) is 24.5 Å². The van der Waals surface area contributed by atoms with E-state index in [1.165, 1.54) is 7.05 Å². The highest BCUT2D eigenvalue weighted by Gasteiger charge is 2.16. The Balaban J connectivity index is 2.09. The number of carbonyl (C=O) groups excluding carboxylic acids is 3. The van der Waals surface area contributed by atoms with Gasteiger partial charge in [-0.1, -0.05) is 11.8 Å². The lowest BCUT2D eigenvalue weighted by molar-refractivity contribution is -0.118. The van der Waals surface area contributed by atoms with Crippen LogP contribution in [0, 0.1) is 0 Å². The summed E-state index contributed by atoms with van der Waals surface area (Å²) in [6, 6.07) is 2.97. The Hall–Kier alpha value is -2.82. The zero-order valence-electron chi connectivity index (χ0n) is 13.5. The molecule has 0 radical (unpaired) electrons. The van der Waals surface area contributed by atoms with Gasteiger partial charge in [0.05, 0.1) is 18.6 Å². The van der Waals surface area contributed by atoms with Crippen LogP contribution in [0.2, 0.25) is 0 Å². The molecule has 11 heteroatoms. The molecule has 25 heavy (non-hydrogen) atoms. The van der Waals surface area contributed by atoms with E-state index in [0.29, 0.717) is 29.7 Å². The first-order valence-electron chi connectivity index (χ1n) is 7.36. The highest BCUT2D eigenvalue weighted by atomic mass is 32.2. The quantitative estimate of drug-likeness (QED) is 0.552. The van der Waals surface area contributed by atoms with Gasteiger partial charge in [-0.25, -0.2) is 4.79 Å². The number of furan rings is 1. The summed E-state index contributed by atoms with van der Waals surface area (Å²) in [6.45, 7) is 0.355. The van der Waals surface area contributed by atoms with Crippen LogP contribution in [0.1, 0.15) is 18.0 Å². The van der Waals surface area contributed by atoms with Crippen LogP contribution in [0.25, 0.3) is 0 Å². The van der Waals surface area contributed by atoms with Crippen LogP contribution < -0.4 is 16.4 Å². The van der Waals surface area contributed by atoms with Gasteiger partial charge >= 0.3 is 6.03 Å². The molecule has 4 N–H and O–H groups in total.